The van der Waals surface area contributed by atoms with Gasteiger partial charge in [-0.05, 0) is 59.9 Å². The molecule has 4 nitrogen and oxygen atoms in total. The second-order valence-corrected chi connectivity index (χ2v) is 6.06. The maximum Gasteiger partial charge on any atom is 0.287 e. The lowest BCUT2D eigenvalue weighted by Crippen LogP contribution is -2.37. The average Bonchev–Trinajstić information content (AvgIpc) is 2.84. The van der Waals surface area contributed by atoms with Gasteiger partial charge < -0.3 is 14.6 Å². The van der Waals surface area contributed by atoms with Gasteiger partial charge in [0.25, 0.3) is 5.91 Å². The van der Waals surface area contributed by atoms with E-state index in [9.17, 15) is 4.79 Å². The summed E-state index contributed by atoms with van der Waals surface area (Å²) in [7, 11) is 0. The van der Waals surface area contributed by atoms with Gasteiger partial charge in [-0.15, -0.1) is 0 Å². The van der Waals surface area contributed by atoms with E-state index in [1.807, 2.05) is 0 Å². The van der Waals surface area contributed by atoms with Crippen molar-refractivity contribution in [1.82, 2.24) is 10.2 Å². The normalized spacial score (nSPS) is 18.2. The van der Waals surface area contributed by atoms with Crippen LogP contribution in [-0.4, -0.2) is 37.0 Å². The fourth-order valence-electron chi connectivity index (χ4n) is 2.44. The fourth-order valence-corrected chi connectivity index (χ4v) is 2.74. The Hall–Kier alpha value is -0.810. The first-order chi connectivity index (χ1) is 9.15. The Morgan fingerprint density at radius 2 is 2.16 bits per heavy atom. The van der Waals surface area contributed by atoms with Crippen molar-refractivity contribution >= 4 is 21.8 Å². The number of furan rings is 1. The molecule has 5 heteroatoms. The number of hydrogen-bond donors (Lipinski definition) is 1. The SMILES string of the molecule is CC(CNC(=O)c1ccc(Br)o1)CN1CCCCC1. The fraction of sp³-hybridized carbons (Fsp3) is 0.643. The van der Waals surface area contributed by atoms with Gasteiger partial charge in [0.1, 0.15) is 0 Å². The molecule has 1 aromatic heterocycles. The number of halogens is 1. The molecule has 1 amide bonds. The van der Waals surface area contributed by atoms with E-state index in [1.54, 1.807) is 12.1 Å². The quantitative estimate of drug-likeness (QED) is 0.903. The van der Waals surface area contributed by atoms with Gasteiger partial charge in [-0.25, -0.2) is 0 Å². The first-order valence-electron chi connectivity index (χ1n) is 6.91. The summed E-state index contributed by atoms with van der Waals surface area (Å²) >= 11 is 3.19. The topological polar surface area (TPSA) is 45.5 Å². The Labute approximate surface area is 122 Å². The highest BCUT2D eigenvalue weighted by Crippen LogP contribution is 2.14. The van der Waals surface area contributed by atoms with Gasteiger partial charge >= 0.3 is 0 Å². The van der Waals surface area contributed by atoms with Crippen molar-refractivity contribution in [3.63, 3.8) is 0 Å². The number of rotatable bonds is 5. The van der Waals surface area contributed by atoms with Gasteiger partial charge in [-0.1, -0.05) is 13.3 Å². The molecular weight excluding hydrogens is 308 g/mol. The average molecular weight is 329 g/mol. The van der Waals surface area contributed by atoms with Crippen molar-refractivity contribution < 1.29 is 9.21 Å². The van der Waals surface area contributed by atoms with Crippen molar-refractivity contribution in [2.75, 3.05) is 26.2 Å². The Morgan fingerprint density at radius 3 is 2.79 bits per heavy atom. The molecule has 1 aliphatic rings. The van der Waals surface area contributed by atoms with Crippen LogP contribution >= 0.6 is 15.9 Å². The molecule has 2 heterocycles. The molecule has 0 spiro atoms. The molecular formula is C14H21BrN2O2. The molecule has 0 aliphatic carbocycles. The standard InChI is InChI=1S/C14H21BrN2O2/c1-11(10-17-7-3-2-4-8-17)9-16-14(18)12-5-6-13(15)19-12/h5-6,11H,2-4,7-10H2,1H3,(H,16,18). The molecule has 0 saturated carbocycles. The second kappa shape index (κ2) is 7.10. The van der Waals surface area contributed by atoms with Gasteiger partial charge in [0.15, 0.2) is 10.4 Å². The van der Waals surface area contributed by atoms with Crippen molar-refractivity contribution in [1.29, 1.82) is 0 Å². The van der Waals surface area contributed by atoms with Crippen LogP contribution in [0.5, 0.6) is 0 Å². The van der Waals surface area contributed by atoms with Gasteiger partial charge in [0.05, 0.1) is 0 Å². The Kier molecular flexibility index (Phi) is 5.45. The third-order valence-corrected chi connectivity index (χ3v) is 3.85. The number of carbonyl (C=O) groups is 1. The molecule has 1 saturated heterocycles. The minimum absolute atomic E-state index is 0.142. The molecule has 0 aromatic carbocycles. The molecule has 19 heavy (non-hydrogen) atoms. The molecule has 1 fully saturated rings. The molecule has 1 N–H and O–H groups in total. The number of nitrogens with zero attached hydrogens (tertiary/aromatic N) is 1. The summed E-state index contributed by atoms with van der Waals surface area (Å²) in [5, 5.41) is 2.92. The Balaban J connectivity index is 1.70. The third kappa shape index (κ3) is 4.66. The maximum absolute atomic E-state index is 11.8. The van der Waals surface area contributed by atoms with Crippen LogP contribution in [0.4, 0.5) is 0 Å². The molecule has 106 valence electrons. The predicted molar refractivity (Wildman–Crippen MR) is 78.2 cm³/mol. The van der Waals surface area contributed by atoms with E-state index in [0.717, 1.165) is 6.54 Å². The summed E-state index contributed by atoms with van der Waals surface area (Å²) in [6.07, 6.45) is 3.97. The summed E-state index contributed by atoms with van der Waals surface area (Å²) in [5.74, 6) is 0.675. The Bertz CT molecular complexity index is 413. The number of amides is 1. The first-order valence-corrected chi connectivity index (χ1v) is 7.70. The van der Waals surface area contributed by atoms with Crippen molar-refractivity contribution in [2.45, 2.75) is 26.2 Å². The molecule has 1 aliphatic heterocycles. The molecule has 0 bridgehead atoms. The van der Waals surface area contributed by atoms with E-state index >= 15 is 0 Å². The van der Waals surface area contributed by atoms with E-state index < -0.39 is 0 Å². The van der Waals surface area contributed by atoms with Gasteiger partial charge in [-0.3, -0.25) is 4.79 Å². The zero-order chi connectivity index (χ0) is 13.7. The van der Waals surface area contributed by atoms with Crippen LogP contribution in [0, 0.1) is 5.92 Å². The number of hydrogen-bond acceptors (Lipinski definition) is 3. The number of piperidine rings is 1. The summed E-state index contributed by atoms with van der Waals surface area (Å²) in [6, 6.07) is 3.40. The van der Waals surface area contributed by atoms with Crippen LogP contribution in [-0.2, 0) is 0 Å². The second-order valence-electron chi connectivity index (χ2n) is 5.28. The van der Waals surface area contributed by atoms with Gasteiger partial charge in [0.2, 0.25) is 0 Å². The lowest BCUT2D eigenvalue weighted by molar-refractivity contribution is 0.0913. The largest absolute Gasteiger partial charge is 0.444 e. The minimum atomic E-state index is -0.142. The molecule has 2 rings (SSSR count). The highest BCUT2D eigenvalue weighted by atomic mass is 79.9. The van der Waals surface area contributed by atoms with Crippen LogP contribution in [0.2, 0.25) is 0 Å². The van der Waals surface area contributed by atoms with Crippen LogP contribution in [0.25, 0.3) is 0 Å². The van der Waals surface area contributed by atoms with Crippen molar-refractivity contribution in [2.24, 2.45) is 5.92 Å². The van der Waals surface area contributed by atoms with Gasteiger partial charge in [-0.2, -0.15) is 0 Å². The predicted octanol–water partition coefficient (Wildman–Crippen LogP) is 2.89. The van der Waals surface area contributed by atoms with Crippen LogP contribution in [0.3, 0.4) is 0 Å². The van der Waals surface area contributed by atoms with Crippen molar-refractivity contribution in [3.05, 3.63) is 22.6 Å². The number of likely N-dealkylation sites (tertiary alicyclic amines) is 1. The lowest BCUT2D eigenvalue weighted by Gasteiger charge is -2.29. The highest BCUT2D eigenvalue weighted by molar-refractivity contribution is 9.10. The number of nitrogens with one attached hydrogen (secondary N) is 1. The highest BCUT2D eigenvalue weighted by Gasteiger charge is 2.15. The summed E-state index contributed by atoms with van der Waals surface area (Å²) in [4.78, 5) is 14.3. The number of carbonyl (C=O) groups excluding carboxylic acids is 1. The maximum atomic E-state index is 11.8. The smallest absolute Gasteiger partial charge is 0.287 e. The third-order valence-electron chi connectivity index (χ3n) is 3.43. The first kappa shape index (κ1) is 14.6. The summed E-state index contributed by atoms with van der Waals surface area (Å²) in [6.45, 7) is 6.32. The van der Waals surface area contributed by atoms with Crippen LogP contribution in [0.15, 0.2) is 21.2 Å². The minimum Gasteiger partial charge on any atom is -0.444 e. The summed E-state index contributed by atoms with van der Waals surface area (Å²) in [5.41, 5.74) is 0. The van der Waals surface area contributed by atoms with Crippen LogP contribution in [0.1, 0.15) is 36.7 Å². The Morgan fingerprint density at radius 1 is 1.42 bits per heavy atom. The summed E-state index contributed by atoms with van der Waals surface area (Å²) < 4.78 is 5.80. The van der Waals surface area contributed by atoms with E-state index in [-0.39, 0.29) is 5.91 Å². The van der Waals surface area contributed by atoms with Crippen molar-refractivity contribution in [3.8, 4) is 0 Å². The monoisotopic (exact) mass is 328 g/mol. The zero-order valence-electron chi connectivity index (χ0n) is 11.3. The van der Waals surface area contributed by atoms with E-state index in [1.165, 1.54) is 32.4 Å². The van der Waals surface area contributed by atoms with E-state index in [0.29, 0.717) is 22.9 Å². The van der Waals surface area contributed by atoms with E-state index in [2.05, 4.69) is 33.1 Å². The lowest BCUT2D eigenvalue weighted by atomic mass is 10.1. The molecule has 1 atom stereocenters. The zero-order valence-corrected chi connectivity index (χ0v) is 12.9. The van der Waals surface area contributed by atoms with Crippen LogP contribution < -0.4 is 5.32 Å². The molecule has 1 aromatic rings. The molecule has 0 radical (unpaired) electrons. The van der Waals surface area contributed by atoms with E-state index in [4.69, 9.17) is 4.42 Å². The molecule has 1 unspecified atom stereocenters. The van der Waals surface area contributed by atoms with Gasteiger partial charge in [0, 0.05) is 13.1 Å².